The van der Waals surface area contributed by atoms with Crippen molar-refractivity contribution in [2.45, 2.75) is 46.1 Å². The van der Waals surface area contributed by atoms with E-state index in [9.17, 15) is 4.79 Å². The molecular formula is C23H31NO2. The summed E-state index contributed by atoms with van der Waals surface area (Å²) in [7, 11) is 0. The minimum atomic E-state index is -0.383. The van der Waals surface area contributed by atoms with Crippen LogP contribution in [0.5, 0.6) is 0 Å². The smallest absolute Gasteiger partial charge is 0.317 e. The first kappa shape index (κ1) is 20.2. The van der Waals surface area contributed by atoms with Gasteiger partial charge in [-0.2, -0.15) is 0 Å². The summed E-state index contributed by atoms with van der Waals surface area (Å²) in [6.45, 7) is 11.1. The van der Waals surface area contributed by atoms with Crippen LogP contribution in [0.25, 0.3) is 0 Å². The van der Waals surface area contributed by atoms with Crippen LogP contribution in [0.15, 0.2) is 54.6 Å². The Morgan fingerprint density at radius 1 is 0.923 bits per heavy atom. The van der Waals surface area contributed by atoms with E-state index >= 15 is 0 Å². The zero-order valence-corrected chi connectivity index (χ0v) is 16.4. The van der Waals surface area contributed by atoms with Crippen LogP contribution in [0.3, 0.4) is 0 Å². The predicted octanol–water partition coefficient (Wildman–Crippen LogP) is 5.17. The standard InChI is InChI=1S/C23H31NO2/c1-5-16-26-23(25)22(19-12-9-8-10-13-19)21-15-11-14-20(17-21)18(4)24(6-2)7-3/h8-15,17-18,22H,5-7,16H2,1-4H3. The molecule has 2 aromatic rings. The van der Waals surface area contributed by atoms with Gasteiger partial charge in [-0.25, -0.2) is 0 Å². The Labute approximate surface area is 158 Å². The number of carbonyl (C=O) groups excluding carboxylic acids is 1. The number of carbonyl (C=O) groups is 1. The van der Waals surface area contributed by atoms with E-state index in [0.29, 0.717) is 12.6 Å². The normalized spacial score (nSPS) is 13.4. The van der Waals surface area contributed by atoms with E-state index in [4.69, 9.17) is 4.74 Å². The number of esters is 1. The van der Waals surface area contributed by atoms with Crippen molar-refractivity contribution in [1.82, 2.24) is 4.90 Å². The fourth-order valence-electron chi connectivity index (χ4n) is 3.38. The van der Waals surface area contributed by atoms with Crippen LogP contribution in [0, 0.1) is 0 Å². The first-order valence-electron chi connectivity index (χ1n) is 9.67. The summed E-state index contributed by atoms with van der Waals surface area (Å²) < 4.78 is 5.50. The highest BCUT2D eigenvalue weighted by Gasteiger charge is 2.25. The Morgan fingerprint density at radius 2 is 1.54 bits per heavy atom. The third-order valence-corrected chi connectivity index (χ3v) is 4.90. The zero-order valence-electron chi connectivity index (χ0n) is 16.4. The van der Waals surface area contributed by atoms with Gasteiger partial charge in [0.15, 0.2) is 0 Å². The molecule has 0 amide bonds. The molecule has 0 saturated heterocycles. The lowest BCUT2D eigenvalue weighted by molar-refractivity contribution is -0.144. The summed E-state index contributed by atoms with van der Waals surface area (Å²) >= 11 is 0. The quantitative estimate of drug-likeness (QED) is 0.582. The van der Waals surface area contributed by atoms with Crippen LogP contribution in [0.2, 0.25) is 0 Å². The van der Waals surface area contributed by atoms with E-state index in [1.807, 2.05) is 49.4 Å². The van der Waals surface area contributed by atoms with Gasteiger partial charge in [0.2, 0.25) is 0 Å². The number of rotatable bonds is 9. The van der Waals surface area contributed by atoms with Gasteiger partial charge in [0.25, 0.3) is 0 Å². The summed E-state index contributed by atoms with van der Waals surface area (Å²) in [5, 5.41) is 0. The van der Waals surface area contributed by atoms with Gasteiger partial charge in [0.05, 0.1) is 6.61 Å². The second-order valence-electron chi connectivity index (χ2n) is 6.58. The van der Waals surface area contributed by atoms with Crippen molar-refractivity contribution in [2.75, 3.05) is 19.7 Å². The van der Waals surface area contributed by atoms with E-state index in [1.165, 1.54) is 5.56 Å². The van der Waals surface area contributed by atoms with Gasteiger partial charge in [0, 0.05) is 6.04 Å². The van der Waals surface area contributed by atoms with E-state index in [1.54, 1.807) is 0 Å². The zero-order chi connectivity index (χ0) is 18.9. The molecule has 0 radical (unpaired) electrons. The van der Waals surface area contributed by atoms with Crippen molar-refractivity contribution in [1.29, 1.82) is 0 Å². The molecule has 0 aromatic heterocycles. The number of hydrogen-bond donors (Lipinski definition) is 0. The maximum Gasteiger partial charge on any atom is 0.317 e. The van der Waals surface area contributed by atoms with Crippen LogP contribution < -0.4 is 0 Å². The van der Waals surface area contributed by atoms with Gasteiger partial charge in [-0.3, -0.25) is 9.69 Å². The van der Waals surface area contributed by atoms with Gasteiger partial charge >= 0.3 is 5.97 Å². The van der Waals surface area contributed by atoms with Gasteiger partial charge in [-0.05, 0) is 43.1 Å². The molecule has 2 atom stereocenters. The molecule has 0 saturated carbocycles. The second-order valence-corrected chi connectivity index (χ2v) is 6.58. The average molecular weight is 354 g/mol. The summed E-state index contributed by atoms with van der Waals surface area (Å²) in [5.74, 6) is -0.558. The monoisotopic (exact) mass is 353 g/mol. The Kier molecular flexibility index (Phi) is 7.86. The molecule has 140 valence electrons. The van der Waals surface area contributed by atoms with E-state index < -0.39 is 0 Å². The number of hydrogen-bond acceptors (Lipinski definition) is 3. The highest BCUT2D eigenvalue weighted by Crippen LogP contribution is 2.29. The molecule has 0 aliphatic carbocycles. The molecule has 2 unspecified atom stereocenters. The van der Waals surface area contributed by atoms with Gasteiger partial charge in [-0.1, -0.05) is 75.4 Å². The maximum atomic E-state index is 12.8. The summed E-state index contributed by atoms with van der Waals surface area (Å²) in [6.07, 6.45) is 0.826. The van der Waals surface area contributed by atoms with Crippen LogP contribution in [0.1, 0.15) is 62.8 Å². The van der Waals surface area contributed by atoms with Gasteiger partial charge in [-0.15, -0.1) is 0 Å². The molecule has 0 bridgehead atoms. The van der Waals surface area contributed by atoms with Crippen LogP contribution in [-0.2, 0) is 9.53 Å². The van der Waals surface area contributed by atoms with E-state index in [0.717, 1.165) is 30.6 Å². The lowest BCUT2D eigenvalue weighted by Crippen LogP contribution is -2.26. The molecule has 0 heterocycles. The van der Waals surface area contributed by atoms with Crippen molar-refractivity contribution >= 4 is 5.97 Å². The second kappa shape index (κ2) is 10.1. The van der Waals surface area contributed by atoms with Crippen molar-refractivity contribution in [3.63, 3.8) is 0 Å². The van der Waals surface area contributed by atoms with Crippen LogP contribution >= 0.6 is 0 Å². The van der Waals surface area contributed by atoms with Crippen molar-refractivity contribution in [3.05, 3.63) is 71.3 Å². The number of benzene rings is 2. The molecule has 3 heteroatoms. The Balaban J connectivity index is 2.39. The van der Waals surface area contributed by atoms with Gasteiger partial charge in [0.1, 0.15) is 5.92 Å². The number of ether oxygens (including phenoxy) is 1. The average Bonchev–Trinajstić information content (AvgIpc) is 2.68. The summed E-state index contributed by atoms with van der Waals surface area (Å²) in [5.41, 5.74) is 3.20. The highest BCUT2D eigenvalue weighted by atomic mass is 16.5. The summed E-state index contributed by atoms with van der Waals surface area (Å²) in [6, 6.07) is 18.6. The molecule has 2 rings (SSSR count). The maximum absolute atomic E-state index is 12.8. The lowest BCUT2D eigenvalue weighted by Gasteiger charge is -2.27. The molecule has 0 aliphatic heterocycles. The molecular weight excluding hydrogens is 322 g/mol. The minimum Gasteiger partial charge on any atom is -0.465 e. The third kappa shape index (κ3) is 4.95. The van der Waals surface area contributed by atoms with Crippen LogP contribution in [-0.4, -0.2) is 30.6 Å². The molecule has 26 heavy (non-hydrogen) atoms. The molecule has 0 N–H and O–H groups in total. The largest absolute Gasteiger partial charge is 0.465 e. The Hall–Kier alpha value is -2.13. The summed E-state index contributed by atoms with van der Waals surface area (Å²) in [4.78, 5) is 15.2. The molecule has 3 nitrogen and oxygen atoms in total. The molecule has 2 aromatic carbocycles. The van der Waals surface area contributed by atoms with Crippen molar-refractivity contribution in [2.24, 2.45) is 0 Å². The fourth-order valence-corrected chi connectivity index (χ4v) is 3.38. The van der Waals surface area contributed by atoms with Gasteiger partial charge < -0.3 is 4.74 Å². The lowest BCUT2D eigenvalue weighted by atomic mass is 9.89. The number of nitrogens with zero attached hydrogens (tertiary/aromatic N) is 1. The van der Waals surface area contributed by atoms with Crippen molar-refractivity contribution in [3.8, 4) is 0 Å². The molecule has 0 spiro atoms. The Morgan fingerprint density at radius 3 is 2.15 bits per heavy atom. The third-order valence-electron chi connectivity index (χ3n) is 4.90. The highest BCUT2D eigenvalue weighted by molar-refractivity contribution is 5.82. The van der Waals surface area contributed by atoms with E-state index in [-0.39, 0.29) is 11.9 Å². The first-order chi connectivity index (χ1) is 12.6. The Bertz CT molecular complexity index is 680. The molecule has 0 aliphatic rings. The predicted molar refractivity (Wildman–Crippen MR) is 107 cm³/mol. The van der Waals surface area contributed by atoms with E-state index in [2.05, 4.69) is 37.8 Å². The minimum absolute atomic E-state index is 0.175. The van der Waals surface area contributed by atoms with Crippen molar-refractivity contribution < 1.29 is 9.53 Å². The molecule has 0 fully saturated rings. The van der Waals surface area contributed by atoms with Crippen LogP contribution in [0.4, 0.5) is 0 Å². The fraction of sp³-hybridized carbons (Fsp3) is 0.435. The SMILES string of the molecule is CCCOC(=O)C(c1ccccc1)c1cccc(C(C)N(CC)CC)c1. The topological polar surface area (TPSA) is 29.5 Å². The first-order valence-corrected chi connectivity index (χ1v) is 9.67.